The second kappa shape index (κ2) is 20.3. The number of carbonyl (C=O) groups is 6. The Labute approximate surface area is 330 Å². The molecule has 0 bridgehead atoms. The molecule has 2 saturated heterocycles. The summed E-state index contributed by atoms with van der Waals surface area (Å²) in [7, 11) is 7.55. The third-order valence-corrected chi connectivity index (χ3v) is 14.3. The Morgan fingerprint density at radius 2 is 1.04 bits per heavy atom. The number of nitrogens with one attached hydrogen (secondary N) is 5. The Bertz CT molecular complexity index is 1300. The number of hydrogen-bond acceptors (Lipinski definition) is 14. The lowest BCUT2D eigenvalue weighted by atomic mass is 9.84. The van der Waals surface area contributed by atoms with Crippen molar-refractivity contribution >= 4 is 78.7 Å². The summed E-state index contributed by atoms with van der Waals surface area (Å²) >= 11 is 0. The van der Waals surface area contributed by atoms with Gasteiger partial charge in [0, 0.05) is 36.1 Å². The van der Waals surface area contributed by atoms with Gasteiger partial charge >= 0.3 is 11.9 Å². The maximum Gasteiger partial charge on any atom is 0.330 e. The highest BCUT2D eigenvalue weighted by atomic mass is 33.1. The minimum absolute atomic E-state index is 0.0889. The van der Waals surface area contributed by atoms with Crippen LogP contribution in [0, 0.1) is 10.8 Å². The second-order valence-electron chi connectivity index (χ2n) is 16.1. The summed E-state index contributed by atoms with van der Waals surface area (Å²) in [5.41, 5.74) is 3.37. The van der Waals surface area contributed by atoms with E-state index in [2.05, 4.69) is 26.6 Å². The first-order chi connectivity index (χ1) is 24.8. The van der Waals surface area contributed by atoms with Crippen LogP contribution in [0.4, 0.5) is 0 Å². The van der Waals surface area contributed by atoms with E-state index in [0.29, 0.717) is 55.2 Å². The molecule has 0 aromatic rings. The zero-order valence-corrected chi connectivity index (χ0v) is 35.5. The number of esters is 2. The molecule has 2 aliphatic heterocycles. The van der Waals surface area contributed by atoms with E-state index in [0.717, 1.165) is 25.7 Å². The van der Waals surface area contributed by atoms with Crippen molar-refractivity contribution < 1.29 is 38.2 Å². The van der Waals surface area contributed by atoms with Gasteiger partial charge in [0.15, 0.2) is 0 Å². The fourth-order valence-electron chi connectivity index (χ4n) is 6.38. The van der Waals surface area contributed by atoms with Gasteiger partial charge in [0.1, 0.15) is 23.3 Å². The lowest BCUT2D eigenvalue weighted by Gasteiger charge is -2.32. The highest BCUT2D eigenvalue weighted by Crippen LogP contribution is 2.39. The monoisotopic (exact) mass is 820 g/mol. The van der Waals surface area contributed by atoms with Crippen molar-refractivity contribution in [3.05, 3.63) is 0 Å². The van der Waals surface area contributed by atoms with Crippen LogP contribution in [0.15, 0.2) is 0 Å². The standard InChI is InChI=1S/C18H31N3O4S2.C17H29N3O4S2/c1-17(2,3)25-15(23)13-10-27-26-9-12(19-4)14(22)20-11-18(16(24)21-13)7-5-6-8-18;1-16(2,3)24-14(22)12-9-26-25-8-11(18)13(21)19-10-17(15(23)20-12)6-4-5-7-17/h12-13,19H,5-11H2,1-4H3,(H,20,22)(H,21,24);11-12H,4-10,18H2,1-3H3,(H,19,21)(H,20,23)/t12?,13-;11?,12-/m11/s1. The Morgan fingerprint density at radius 3 is 1.43 bits per heavy atom. The molecule has 2 unspecified atom stereocenters. The average Bonchev–Trinajstić information content (AvgIpc) is 3.76. The third-order valence-electron chi connectivity index (χ3n) is 9.40. The van der Waals surface area contributed by atoms with Gasteiger partial charge < -0.3 is 41.8 Å². The largest absolute Gasteiger partial charge is 0.458 e. The molecule has 7 N–H and O–H groups in total. The molecule has 53 heavy (non-hydrogen) atoms. The zero-order chi connectivity index (χ0) is 39.5. The van der Waals surface area contributed by atoms with Crippen LogP contribution >= 0.6 is 43.2 Å². The van der Waals surface area contributed by atoms with Gasteiger partial charge in [0.05, 0.1) is 22.9 Å². The van der Waals surface area contributed by atoms with E-state index >= 15 is 0 Å². The van der Waals surface area contributed by atoms with E-state index in [1.54, 1.807) is 27.8 Å². The van der Waals surface area contributed by atoms with Crippen LogP contribution in [0.25, 0.3) is 0 Å². The van der Waals surface area contributed by atoms with Gasteiger partial charge in [-0.2, -0.15) is 0 Å². The molecule has 4 fully saturated rings. The number of nitrogens with two attached hydrogens (primary N) is 1. The van der Waals surface area contributed by atoms with Gasteiger partial charge in [-0.05, 0) is 74.3 Å². The Balaban J connectivity index is 0.000000286. The third kappa shape index (κ3) is 14.3. The van der Waals surface area contributed by atoms with Gasteiger partial charge in [0.25, 0.3) is 0 Å². The molecular formula is C35H60N6O8S4. The van der Waals surface area contributed by atoms with Crippen LogP contribution in [-0.2, 0) is 38.2 Å². The van der Waals surface area contributed by atoms with E-state index < -0.39 is 52.1 Å². The molecule has 4 rings (SSSR count). The molecule has 0 radical (unpaired) electrons. The van der Waals surface area contributed by atoms with Crippen LogP contribution in [0.3, 0.4) is 0 Å². The molecule has 4 aliphatic rings. The van der Waals surface area contributed by atoms with Crippen molar-refractivity contribution in [2.45, 2.75) is 128 Å². The molecule has 302 valence electrons. The summed E-state index contributed by atoms with van der Waals surface area (Å²) in [5, 5.41) is 14.6. The number of amides is 4. The number of carbonyl (C=O) groups excluding carboxylic acids is 6. The molecule has 2 heterocycles. The van der Waals surface area contributed by atoms with Crippen molar-refractivity contribution in [3.8, 4) is 0 Å². The minimum atomic E-state index is -0.719. The Kier molecular flexibility index (Phi) is 17.5. The first-order valence-corrected chi connectivity index (χ1v) is 23.3. The van der Waals surface area contributed by atoms with E-state index in [1.807, 2.05) is 20.8 Å². The molecule has 2 aliphatic carbocycles. The number of ether oxygens (including phenoxy) is 2. The fourth-order valence-corrected chi connectivity index (χ4v) is 11.0. The Morgan fingerprint density at radius 1 is 0.660 bits per heavy atom. The first-order valence-electron chi connectivity index (χ1n) is 18.3. The predicted molar refractivity (Wildman–Crippen MR) is 214 cm³/mol. The first kappa shape index (κ1) is 45.5. The van der Waals surface area contributed by atoms with Crippen LogP contribution < -0.4 is 32.3 Å². The van der Waals surface area contributed by atoms with Gasteiger partial charge in [-0.25, -0.2) is 9.59 Å². The second-order valence-corrected chi connectivity index (χ2v) is 21.2. The normalized spacial score (nSPS) is 27.5. The van der Waals surface area contributed by atoms with E-state index in [4.69, 9.17) is 15.2 Å². The van der Waals surface area contributed by atoms with Gasteiger partial charge in [-0.15, -0.1) is 0 Å². The number of rotatable bonds is 3. The average molecular weight is 821 g/mol. The zero-order valence-electron chi connectivity index (χ0n) is 32.2. The van der Waals surface area contributed by atoms with Crippen LogP contribution in [0.2, 0.25) is 0 Å². The van der Waals surface area contributed by atoms with Crippen molar-refractivity contribution in [3.63, 3.8) is 0 Å². The van der Waals surface area contributed by atoms with Crippen LogP contribution in [0.5, 0.6) is 0 Å². The summed E-state index contributed by atoms with van der Waals surface area (Å²) in [4.78, 5) is 75.8. The van der Waals surface area contributed by atoms with Crippen molar-refractivity contribution in [1.82, 2.24) is 26.6 Å². The maximum absolute atomic E-state index is 13.1. The summed E-state index contributed by atoms with van der Waals surface area (Å²) < 4.78 is 11.0. The highest BCUT2D eigenvalue weighted by Gasteiger charge is 2.45. The summed E-state index contributed by atoms with van der Waals surface area (Å²) in [6.45, 7) is 11.4. The molecule has 0 aromatic carbocycles. The molecule has 18 heteroatoms. The molecular weight excluding hydrogens is 761 g/mol. The molecule has 2 spiro atoms. The number of likely N-dealkylation sites (N-methyl/N-ethyl adjacent to an activating group) is 1. The summed E-state index contributed by atoms with van der Waals surface area (Å²) in [5.74, 6) is 0.272. The summed E-state index contributed by atoms with van der Waals surface area (Å²) in [6.07, 6.45) is 6.56. The van der Waals surface area contributed by atoms with Crippen LogP contribution in [0.1, 0.15) is 92.9 Å². The quantitative estimate of drug-likeness (QED) is 0.179. The van der Waals surface area contributed by atoms with Crippen molar-refractivity contribution in [2.24, 2.45) is 16.6 Å². The van der Waals surface area contributed by atoms with Gasteiger partial charge in [-0.1, -0.05) is 68.9 Å². The van der Waals surface area contributed by atoms with E-state index in [1.165, 1.54) is 43.2 Å². The summed E-state index contributed by atoms with van der Waals surface area (Å²) in [6, 6.07) is -2.38. The fraction of sp³-hybridized carbons (Fsp3) is 0.829. The molecule has 4 atom stereocenters. The van der Waals surface area contributed by atoms with Crippen molar-refractivity contribution in [2.75, 3.05) is 43.1 Å². The van der Waals surface area contributed by atoms with Crippen LogP contribution in [-0.4, -0.2) is 114 Å². The van der Waals surface area contributed by atoms with E-state index in [9.17, 15) is 28.8 Å². The maximum atomic E-state index is 13.1. The molecule has 0 aromatic heterocycles. The lowest BCUT2D eigenvalue weighted by Crippen LogP contribution is -2.55. The highest BCUT2D eigenvalue weighted by molar-refractivity contribution is 8.77. The molecule has 4 amide bonds. The lowest BCUT2D eigenvalue weighted by molar-refractivity contribution is -0.159. The smallest absolute Gasteiger partial charge is 0.330 e. The molecule has 2 saturated carbocycles. The minimum Gasteiger partial charge on any atom is -0.458 e. The molecule has 14 nitrogen and oxygen atoms in total. The predicted octanol–water partition coefficient (Wildman–Crippen LogP) is 2.68. The number of hydrogen-bond donors (Lipinski definition) is 6. The van der Waals surface area contributed by atoms with Crippen molar-refractivity contribution in [1.29, 1.82) is 0 Å². The topological polar surface area (TPSA) is 207 Å². The Hall–Kier alpha value is -1.86. The van der Waals surface area contributed by atoms with Gasteiger partial charge in [0.2, 0.25) is 23.6 Å². The van der Waals surface area contributed by atoms with Gasteiger partial charge in [-0.3, -0.25) is 19.2 Å². The SMILES string of the molecule is CC(C)(C)OC(=O)[C@H]1CSSCC(N)C(=O)NCC2(CCCC2)C(=O)N1.CNC1CSSC[C@H](C(=O)OC(C)(C)C)NC(=O)C2(CCCC2)CNC1=O. The van der Waals surface area contributed by atoms with E-state index in [-0.39, 0.29) is 36.2 Å².